The molecular weight excluding hydrogens is 192 g/mol. The number of carbonyl (C=O) groups excluding carboxylic acids is 1. The van der Waals surface area contributed by atoms with E-state index < -0.39 is 0 Å². The summed E-state index contributed by atoms with van der Waals surface area (Å²) in [5, 5.41) is 0. The van der Waals surface area contributed by atoms with Gasteiger partial charge in [0.25, 0.3) is 0 Å². The third-order valence-corrected chi connectivity index (χ3v) is 1.91. The van der Waals surface area contributed by atoms with Gasteiger partial charge in [0.2, 0.25) is 5.91 Å². The normalized spacial score (nSPS) is 11.2. The number of carbonyl (C=O) groups is 1. The van der Waals surface area contributed by atoms with E-state index in [0.717, 1.165) is 0 Å². The minimum Gasteiger partial charge on any atom is -0.370 e. The molecule has 0 heterocycles. The number of hydrogen-bond donors (Lipinski definition) is 1. The van der Waals surface area contributed by atoms with Crippen molar-refractivity contribution in [3.05, 3.63) is 12.7 Å². The van der Waals surface area contributed by atoms with Gasteiger partial charge >= 0.3 is 0 Å². The van der Waals surface area contributed by atoms with Crippen LogP contribution in [0.4, 0.5) is 0 Å². The molecule has 0 aromatic rings. The van der Waals surface area contributed by atoms with Crippen molar-refractivity contribution in [2.24, 2.45) is 5.73 Å². The lowest BCUT2D eigenvalue weighted by Gasteiger charge is -2.34. The van der Waals surface area contributed by atoms with Crippen molar-refractivity contribution in [1.29, 1.82) is 0 Å². The van der Waals surface area contributed by atoms with Gasteiger partial charge in [0.05, 0.1) is 6.61 Å². The molecule has 0 saturated carbocycles. The fraction of sp³-hybridized carbons (Fsp3) is 0.727. The molecule has 15 heavy (non-hydrogen) atoms. The summed E-state index contributed by atoms with van der Waals surface area (Å²) in [5.74, 6) is -0.0316. The molecule has 0 atom stereocenters. The fourth-order valence-corrected chi connectivity index (χ4v) is 1.20. The summed E-state index contributed by atoms with van der Waals surface area (Å²) < 4.78 is 5.12. The largest absolute Gasteiger partial charge is 0.370 e. The zero-order chi connectivity index (χ0) is 11.9. The van der Waals surface area contributed by atoms with Gasteiger partial charge in [-0.25, -0.2) is 0 Å². The summed E-state index contributed by atoms with van der Waals surface area (Å²) in [7, 11) is 0. The molecule has 0 unspecified atom stereocenters. The van der Waals surface area contributed by atoms with Crippen LogP contribution in [0.5, 0.6) is 0 Å². The van der Waals surface area contributed by atoms with E-state index in [9.17, 15) is 4.79 Å². The Bertz CT molecular complexity index is 209. The second kappa shape index (κ2) is 6.58. The topological polar surface area (TPSA) is 55.6 Å². The first kappa shape index (κ1) is 14.1. The van der Waals surface area contributed by atoms with Gasteiger partial charge < -0.3 is 15.4 Å². The number of amides is 1. The zero-order valence-corrected chi connectivity index (χ0v) is 9.95. The monoisotopic (exact) mass is 214 g/mol. The van der Waals surface area contributed by atoms with Crippen LogP contribution < -0.4 is 5.73 Å². The highest BCUT2D eigenvalue weighted by molar-refractivity contribution is 5.78. The average Bonchev–Trinajstić information content (AvgIpc) is 2.12. The van der Waals surface area contributed by atoms with E-state index >= 15 is 0 Å². The minimum absolute atomic E-state index is 0.0316. The molecule has 0 aliphatic carbocycles. The van der Waals surface area contributed by atoms with E-state index in [1.54, 1.807) is 11.0 Å². The van der Waals surface area contributed by atoms with E-state index in [4.69, 9.17) is 10.5 Å². The molecule has 4 heteroatoms. The van der Waals surface area contributed by atoms with Gasteiger partial charge in [-0.15, -0.1) is 6.58 Å². The molecule has 0 fully saturated rings. The Kier molecular flexibility index (Phi) is 6.20. The van der Waals surface area contributed by atoms with Crippen LogP contribution in [-0.4, -0.2) is 42.6 Å². The maximum Gasteiger partial charge on any atom is 0.249 e. The average molecular weight is 214 g/mol. The molecule has 1 amide bonds. The van der Waals surface area contributed by atoms with Gasteiger partial charge in [-0.1, -0.05) is 6.08 Å². The van der Waals surface area contributed by atoms with Gasteiger partial charge in [-0.2, -0.15) is 0 Å². The molecule has 0 radical (unpaired) electrons. The Morgan fingerprint density at radius 3 is 2.53 bits per heavy atom. The quantitative estimate of drug-likeness (QED) is 0.525. The van der Waals surface area contributed by atoms with Crippen molar-refractivity contribution in [2.75, 3.05) is 26.3 Å². The Morgan fingerprint density at radius 2 is 2.13 bits per heavy atom. The summed E-state index contributed by atoms with van der Waals surface area (Å²) in [5.41, 5.74) is 5.06. The van der Waals surface area contributed by atoms with Crippen LogP contribution in [0.2, 0.25) is 0 Å². The van der Waals surface area contributed by atoms with Crippen molar-refractivity contribution in [2.45, 2.75) is 26.3 Å². The van der Waals surface area contributed by atoms with Crippen molar-refractivity contribution >= 4 is 5.91 Å². The number of hydrogen-bond acceptors (Lipinski definition) is 3. The summed E-state index contributed by atoms with van der Waals surface area (Å²) in [6, 6.07) is 0. The van der Waals surface area contributed by atoms with Crippen LogP contribution in [0.1, 0.15) is 20.8 Å². The fourth-order valence-electron chi connectivity index (χ4n) is 1.20. The van der Waals surface area contributed by atoms with Crippen molar-refractivity contribution in [3.63, 3.8) is 0 Å². The summed E-state index contributed by atoms with van der Waals surface area (Å²) >= 11 is 0. The first-order valence-corrected chi connectivity index (χ1v) is 5.12. The Labute approximate surface area is 92.1 Å². The van der Waals surface area contributed by atoms with Gasteiger partial charge in [0.15, 0.2) is 0 Å². The standard InChI is InChI=1S/C11H22N2O2/c1-5-7-13(11(2,3)4)10(14)9-15-8-6-12/h5H,1,6-9,12H2,2-4H3. The van der Waals surface area contributed by atoms with E-state index in [1.807, 2.05) is 20.8 Å². The summed E-state index contributed by atoms with van der Waals surface area (Å²) in [6.45, 7) is 11.1. The van der Waals surface area contributed by atoms with E-state index in [-0.39, 0.29) is 18.1 Å². The first-order valence-electron chi connectivity index (χ1n) is 5.12. The van der Waals surface area contributed by atoms with Crippen LogP contribution in [0.3, 0.4) is 0 Å². The zero-order valence-electron chi connectivity index (χ0n) is 9.95. The van der Waals surface area contributed by atoms with Crippen LogP contribution >= 0.6 is 0 Å². The SMILES string of the molecule is C=CCN(C(=O)COCCN)C(C)(C)C. The van der Waals surface area contributed by atoms with E-state index in [0.29, 0.717) is 19.7 Å². The van der Waals surface area contributed by atoms with Crippen molar-refractivity contribution in [1.82, 2.24) is 4.90 Å². The van der Waals surface area contributed by atoms with Crippen molar-refractivity contribution < 1.29 is 9.53 Å². The Morgan fingerprint density at radius 1 is 1.53 bits per heavy atom. The molecule has 0 bridgehead atoms. The second-order valence-electron chi connectivity index (χ2n) is 4.31. The third kappa shape index (κ3) is 5.54. The lowest BCUT2D eigenvalue weighted by atomic mass is 10.1. The van der Waals surface area contributed by atoms with Crippen LogP contribution in [0.25, 0.3) is 0 Å². The van der Waals surface area contributed by atoms with Crippen LogP contribution in [-0.2, 0) is 9.53 Å². The molecule has 0 aromatic heterocycles. The van der Waals surface area contributed by atoms with Crippen LogP contribution in [0, 0.1) is 0 Å². The molecule has 0 aromatic carbocycles. The molecule has 0 saturated heterocycles. The second-order valence-corrected chi connectivity index (χ2v) is 4.31. The molecule has 2 N–H and O–H groups in total. The van der Waals surface area contributed by atoms with Crippen LogP contribution in [0.15, 0.2) is 12.7 Å². The number of ether oxygens (including phenoxy) is 1. The lowest BCUT2D eigenvalue weighted by molar-refractivity contribution is -0.140. The molecule has 4 nitrogen and oxygen atoms in total. The van der Waals surface area contributed by atoms with E-state index in [1.165, 1.54) is 0 Å². The molecule has 0 spiro atoms. The molecular formula is C11H22N2O2. The number of nitrogens with two attached hydrogens (primary N) is 1. The first-order chi connectivity index (χ1) is 6.93. The lowest BCUT2D eigenvalue weighted by Crippen LogP contribution is -2.47. The highest BCUT2D eigenvalue weighted by Crippen LogP contribution is 2.13. The maximum atomic E-state index is 11.8. The van der Waals surface area contributed by atoms with Crippen molar-refractivity contribution in [3.8, 4) is 0 Å². The smallest absolute Gasteiger partial charge is 0.249 e. The van der Waals surface area contributed by atoms with Gasteiger partial charge in [-0.3, -0.25) is 4.79 Å². The summed E-state index contributed by atoms with van der Waals surface area (Å²) in [4.78, 5) is 13.5. The summed E-state index contributed by atoms with van der Waals surface area (Å²) in [6.07, 6.45) is 1.71. The van der Waals surface area contributed by atoms with E-state index in [2.05, 4.69) is 6.58 Å². The maximum absolute atomic E-state index is 11.8. The molecule has 88 valence electrons. The predicted molar refractivity (Wildman–Crippen MR) is 61.5 cm³/mol. The number of nitrogens with zero attached hydrogens (tertiary/aromatic N) is 1. The minimum atomic E-state index is -0.211. The molecule has 0 rings (SSSR count). The number of rotatable bonds is 6. The van der Waals surface area contributed by atoms with Gasteiger partial charge in [0, 0.05) is 18.6 Å². The van der Waals surface area contributed by atoms with Gasteiger partial charge in [0.1, 0.15) is 6.61 Å². The Hall–Kier alpha value is -0.870. The van der Waals surface area contributed by atoms with Gasteiger partial charge in [-0.05, 0) is 20.8 Å². The molecule has 0 aliphatic heterocycles. The highest BCUT2D eigenvalue weighted by Gasteiger charge is 2.24. The molecule has 0 aliphatic rings. The Balaban J connectivity index is 4.23. The third-order valence-electron chi connectivity index (χ3n) is 1.91. The predicted octanol–water partition coefficient (Wildman–Crippen LogP) is 0.775. The highest BCUT2D eigenvalue weighted by atomic mass is 16.5.